The fraction of sp³-hybridized carbons (Fsp3) is 0.667. The van der Waals surface area contributed by atoms with E-state index in [1.54, 1.807) is 0 Å². The molecule has 68 valence electrons. The van der Waals surface area contributed by atoms with Crippen molar-refractivity contribution in [2.75, 3.05) is 0 Å². The molecule has 1 atom stereocenters. The van der Waals surface area contributed by atoms with Crippen LogP contribution >= 0.6 is 11.6 Å². The average molecular weight is 187 g/mol. The van der Waals surface area contributed by atoms with Crippen LogP contribution in [0.5, 0.6) is 0 Å². The maximum atomic E-state index is 5.84. The summed E-state index contributed by atoms with van der Waals surface area (Å²) in [7, 11) is 0. The smallest absolute Gasteiger partial charge is 0.0521 e. The molecule has 0 amide bonds. The lowest BCUT2D eigenvalue weighted by Gasteiger charge is -1.98. The van der Waals surface area contributed by atoms with Crippen LogP contribution in [0.3, 0.4) is 0 Å². The zero-order valence-corrected chi connectivity index (χ0v) is 8.38. The van der Waals surface area contributed by atoms with Crippen LogP contribution in [0, 0.1) is 0 Å². The Hall–Kier alpha value is -0.500. The van der Waals surface area contributed by atoms with Crippen molar-refractivity contribution in [3.8, 4) is 0 Å². The highest BCUT2D eigenvalue weighted by Gasteiger charge is 2.00. The van der Waals surface area contributed by atoms with Crippen LogP contribution in [0.4, 0.5) is 0 Å². The van der Waals surface area contributed by atoms with E-state index in [0.717, 1.165) is 19.4 Å². The van der Waals surface area contributed by atoms with Gasteiger partial charge in [0.15, 0.2) is 0 Å². The van der Waals surface area contributed by atoms with Gasteiger partial charge in [0.25, 0.3) is 0 Å². The van der Waals surface area contributed by atoms with Crippen molar-refractivity contribution in [1.29, 1.82) is 0 Å². The molecule has 1 unspecified atom stereocenters. The van der Waals surface area contributed by atoms with Gasteiger partial charge < -0.3 is 0 Å². The summed E-state index contributed by atoms with van der Waals surface area (Å²) >= 11 is 5.84. The first-order valence-electron chi connectivity index (χ1n) is 4.37. The van der Waals surface area contributed by atoms with Gasteiger partial charge in [0.05, 0.1) is 6.20 Å². The second-order valence-electron chi connectivity index (χ2n) is 3.02. The molecule has 2 nitrogen and oxygen atoms in total. The Kier molecular flexibility index (Phi) is 3.60. The predicted octanol–water partition coefficient (Wildman–Crippen LogP) is 2.46. The van der Waals surface area contributed by atoms with Gasteiger partial charge in [0.1, 0.15) is 0 Å². The summed E-state index contributed by atoms with van der Waals surface area (Å²) in [6.07, 6.45) is 6.06. The number of aryl methyl sites for hydroxylation is 2. The van der Waals surface area contributed by atoms with E-state index in [2.05, 4.69) is 18.2 Å². The first-order chi connectivity index (χ1) is 5.72. The van der Waals surface area contributed by atoms with Crippen molar-refractivity contribution in [3.05, 3.63) is 18.0 Å². The van der Waals surface area contributed by atoms with E-state index < -0.39 is 0 Å². The summed E-state index contributed by atoms with van der Waals surface area (Å²) in [5.41, 5.74) is 1.28. The lowest BCUT2D eigenvalue weighted by Crippen LogP contribution is -1.94. The number of nitrogens with zero attached hydrogens (tertiary/aromatic N) is 2. The molecule has 1 rings (SSSR count). The molecule has 0 bridgehead atoms. The van der Waals surface area contributed by atoms with E-state index in [-0.39, 0.29) is 5.38 Å². The molecule has 1 aromatic heterocycles. The second kappa shape index (κ2) is 4.51. The van der Waals surface area contributed by atoms with Gasteiger partial charge in [-0.25, -0.2) is 0 Å². The number of halogens is 1. The molecule has 0 aliphatic heterocycles. The third kappa shape index (κ3) is 2.86. The van der Waals surface area contributed by atoms with Gasteiger partial charge in [0, 0.05) is 18.1 Å². The highest BCUT2D eigenvalue weighted by molar-refractivity contribution is 6.20. The van der Waals surface area contributed by atoms with Gasteiger partial charge in [-0.05, 0) is 32.3 Å². The highest BCUT2D eigenvalue weighted by Crippen LogP contribution is 2.07. The average Bonchev–Trinajstić information content (AvgIpc) is 2.48. The molecule has 3 heteroatoms. The van der Waals surface area contributed by atoms with Crippen molar-refractivity contribution in [3.63, 3.8) is 0 Å². The Morgan fingerprint density at radius 1 is 1.67 bits per heavy atom. The van der Waals surface area contributed by atoms with Crippen LogP contribution in [0.25, 0.3) is 0 Å². The molecule has 0 saturated carbocycles. The Morgan fingerprint density at radius 2 is 2.42 bits per heavy atom. The van der Waals surface area contributed by atoms with Gasteiger partial charge in [0.2, 0.25) is 0 Å². The molecular formula is C9H15ClN2. The zero-order valence-electron chi connectivity index (χ0n) is 7.63. The van der Waals surface area contributed by atoms with E-state index in [1.807, 2.05) is 17.8 Å². The molecule has 0 N–H and O–H groups in total. The molecule has 0 spiro atoms. The van der Waals surface area contributed by atoms with Crippen LogP contribution in [0.15, 0.2) is 12.4 Å². The van der Waals surface area contributed by atoms with Crippen LogP contribution < -0.4 is 0 Å². The van der Waals surface area contributed by atoms with Gasteiger partial charge in [-0.3, -0.25) is 4.68 Å². The first-order valence-corrected chi connectivity index (χ1v) is 4.81. The van der Waals surface area contributed by atoms with Gasteiger partial charge in [-0.1, -0.05) is 0 Å². The number of aromatic nitrogens is 2. The molecule has 0 aromatic carbocycles. The second-order valence-corrected chi connectivity index (χ2v) is 3.77. The third-order valence-corrected chi connectivity index (χ3v) is 2.06. The quantitative estimate of drug-likeness (QED) is 0.661. The summed E-state index contributed by atoms with van der Waals surface area (Å²) in [5, 5.41) is 4.45. The highest BCUT2D eigenvalue weighted by atomic mass is 35.5. The molecule has 0 saturated heterocycles. The number of alkyl halides is 1. The summed E-state index contributed by atoms with van der Waals surface area (Å²) < 4.78 is 1.94. The van der Waals surface area contributed by atoms with Gasteiger partial charge in [-0.2, -0.15) is 5.10 Å². The minimum Gasteiger partial charge on any atom is -0.273 e. The van der Waals surface area contributed by atoms with E-state index in [1.165, 1.54) is 5.56 Å². The van der Waals surface area contributed by atoms with E-state index in [0.29, 0.717) is 0 Å². The fourth-order valence-corrected chi connectivity index (χ4v) is 1.18. The largest absolute Gasteiger partial charge is 0.273 e. The number of hydrogen-bond acceptors (Lipinski definition) is 1. The third-order valence-electron chi connectivity index (χ3n) is 1.84. The normalized spacial score (nSPS) is 13.2. The van der Waals surface area contributed by atoms with E-state index >= 15 is 0 Å². The van der Waals surface area contributed by atoms with Gasteiger partial charge in [-0.15, -0.1) is 11.6 Å². The predicted molar refractivity (Wildman–Crippen MR) is 51.5 cm³/mol. The molecule has 0 aliphatic rings. The first kappa shape index (κ1) is 9.59. The summed E-state index contributed by atoms with van der Waals surface area (Å²) in [6.45, 7) is 5.04. The Labute approximate surface area is 78.5 Å². The molecular weight excluding hydrogens is 172 g/mol. The zero-order chi connectivity index (χ0) is 8.97. The molecule has 1 aromatic rings. The molecule has 12 heavy (non-hydrogen) atoms. The SMILES string of the molecule is CCn1cc(CCC(C)Cl)cn1. The Balaban J connectivity index is 2.41. The van der Waals surface area contributed by atoms with Crippen molar-refractivity contribution >= 4 is 11.6 Å². The summed E-state index contributed by atoms with van der Waals surface area (Å²) in [6, 6.07) is 0. The Morgan fingerprint density at radius 3 is 2.92 bits per heavy atom. The number of hydrogen-bond donors (Lipinski definition) is 0. The Bertz CT molecular complexity index is 230. The monoisotopic (exact) mass is 186 g/mol. The maximum Gasteiger partial charge on any atom is 0.0521 e. The molecule has 0 fully saturated rings. The minimum absolute atomic E-state index is 0.259. The van der Waals surface area contributed by atoms with Crippen LogP contribution in [0.2, 0.25) is 0 Å². The van der Waals surface area contributed by atoms with E-state index in [4.69, 9.17) is 11.6 Å². The molecule has 0 aliphatic carbocycles. The lowest BCUT2D eigenvalue weighted by atomic mass is 10.2. The van der Waals surface area contributed by atoms with E-state index in [9.17, 15) is 0 Å². The van der Waals surface area contributed by atoms with Crippen molar-refractivity contribution in [2.45, 2.75) is 38.6 Å². The van der Waals surface area contributed by atoms with Crippen molar-refractivity contribution in [2.24, 2.45) is 0 Å². The topological polar surface area (TPSA) is 17.8 Å². The maximum absolute atomic E-state index is 5.84. The van der Waals surface area contributed by atoms with Crippen LogP contribution in [0.1, 0.15) is 25.8 Å². The summed E-state index contributed by atoms with van der Waals surface area (Å²) in [4.78, 5) is 0. The van der Waals surface area contributed by atoms with Crippen molar-refractivity contribution < 1.29 is 0 Å². The molecule has 0 radical (unpaired) electrons. The molecule has 1 heterocycles. The summed E-state index contributed by atoms with van der Waals surface area (Å²) in [5.74, 6) is 0. The van der Waals surface area contributed by atoms with Gasteiger partial charge >= 0.3 is 0 Å². The lowest BCUT2D eigenvalue weighted by molar-refractivity contribution is 0.658. The fourth-order valence-electron chi connectivity index (χ4n) is 1.07. The minimum atomic E-state index is 0.259. The standard InChI is InChI=1S/C9H15ClN2/c1-3-12-7-9(6-11-12)5-4-8(2)10/h6-8H,3-5H2,1-2H3. The van der Waals surface area contributed by atoms with Crippen LogP contribution in [-0.4, -0.2) is 15.2 Å². The van der Waals surface area contributed by atoms with Crippen molar-refractivity contribution in [1.82, 2.24) is 9.78 Å². The van der Waals surface area contributed by atoms with Crippen LogP contribution in [-0.2, 0) is 13.0 Å². The number of rotatable bonds is 4.